The van der Waals surface area contributed by atoms with Crippen LogP contribution in [0.1, 0.15) is 42.2 Å². The fourth-order valence-electron chi connectivity index (χ4n) is 4.90. The number of carbonyl (C=O) groups is 1. The molecule has 2 unspecified atom stereocenters. The Kier molecular flexibility index (Phi) is 4.23. The van der Waals surface area contributed by atoms with Crippen molar-refractivity contribution < 1.29 is 14.3 Å². The smallest absolute Gasteiger partial charge is 0.139 e. The first kappa shape index (κ1) is 17.1. The van der Waals surface area contributed by atoms with Crippen LogP contribution < -0.4 is 15.2 Å². The molecule has 3 aliphatic carbocycles. The maximum absolute atomic E-state index is 12.9. The molecule has 2 aromatic carbocycles. The zero-order valence-corrected chi connectivity index (χ0v) is 15.3. The van der Waals surface area contributed by atoms with Gasteiger partial charge in [-0.05, 0) is 60.1 Å². The Labute approximate surface area is 154 Å². The predicted molar refractivity (Wildman–Crippen MR) is 101 cm³/mol. The van der Waals surface area contributed by atoms with Gasteiger partial charge >= 0.3 is 0 Å². The van der Waals surface area contributed by atoms with Crippen LogP contribution in [-0.4, -0.2) is 25.5 Å². The quantitative estimate of drug-likeness (QED) is 0.913. The van der Waals surface area contributed by atoms with Gasteiger partial charge in [-0.3, -0.25) is 4.79 Å². The summed E-state index contributed by atoms with van der Waals surface area (Å²) in [7, 11) is 3.32. The van der Waals surface area contributed by atoms with Crippen molar-refractivity contribution in [3.05, 3.63) is 59.7 Å². The van der Waals surface area contributed by atoms with Crippen molar-refractivity contribution >= 4 is 5.78 Å². The molecule has 2 atom stereocenters. The van der Waals surface area contributed by atoms with Crippen LogP contribution >= 0.6 is 0 Å². The lowest BCUT2D eigenvalue weighted by atomic mass is 9.53. The molecule has 0 heterocycles. The first-order chi connectivity index (χ1) is 12.5. The second kappa shape index (κ2) is 6.44. The minimum Gasteiger partial charge on any atom is -0.497 e. The summed E-state index contributed by atoms with van der Waals surface area (Å²) in [5.74, 6) is 2.26. The SMILES string of the molecule is COc1ccc(C2CC3(N)CC(=O)C2C(c2ccc(OC)cc2)C3)cc1. The molecule has 136 valence electrons. The number of fused-ring (bicyclic) bond motifs is 3. The minimum atomic E-state index is -0.416. The van der Waals surface area contributed by atoms with Crippen LogP contribution in [0, 0.1) is 5.92 Å². The van der Waals surface area contributed by atoms with E-state index in [-0.39, 0.29) is 17.8 Å². The molecule has 5 rings (SSSR count). The molecule has 2 bridgehead atoms. The third-order valence-electron chi connectivity index (χ3n) is 6.11. The van der Waals surface area contributed by atoms with Gasteiger partial charge in [0.1, 0.15) is 17.3 Å². The lowest BCUT2D eigenvalue weighted by molar-refractivity contribution is -0.132. The van der Waals surface area contributed by atoms with Gasteiger partial charge in [-0.25, -0.2) is 0 Å². The molecular weight excluding hydrogens is 326 g/mol. The Hall–Kier alpha value is -2.33. The van der Waals surface area contributed by atoms with Crippen LogP contribution in [0.3, 0.4) is 0 Å². The molecule has 3 fully saturated rings. The molecule has 0 aromatic heterocycles. The molecule has 0 radical (unpaired) electrons. The molecular formula is C22H25NO3. The summed E-state index contributed by atoms with van der Waals surface area (Å²) in [6, 6.07) is 16.2. The van der Waals surface area contributed by atoms with Gasteiger partial charge in [0.2, 0.25) is 0 Å². The van der Waals surface area contributed by atoms with E-state index in [9.17, 15) is 4.79 Å². The number of Topliss-reactive ketones (excluding diaryl/α,β-unsaturated/α-hetero) is 1. The summed E-state index contributed by atoms with van der Waals surface area (Å²) in [5.41, 5.74) is 8.62. The first-order valence-electron chi connectivity index (χ1n) is 9.12. The van der Waals surface area contributed by atoms with E-state index in [0.29, 0.717) is 12.2 Å². The minimum absolute atomic E-state index is 0.0118. The van der Waals surface area contributed by atoms with Gasteiger partial charge in [-0.15, -0.1) is 0 Å². The Morgan fingerprint density at radius 2 is 1.27 bits per heavy atom. The predicted octanol–water partition coefficient (Wildman–Crippen LogP) is 3.65. The number of hydrogen-bond acceptors (Lipinski definition) is 4. The number of rotatable bonds is 4. The number of carbonyl (C=O) groups excluding carboxylic acids is 1. The monoisotopic (exact) mass is 351 g/mol. The van der Waals surface area contributed by atoms with Crippen molar-refractivity contribution in [3.63, 3.8) is 0 Å². The van der Waals surface area contributed by atoms with E-state index in [0.717, 1.165) is 24.3 Å². The fourth-order valence-corrected chi connectivity index (χ4v) is 4.90. The molecule has 0 amide bonds. The van der Waals surface area contributed by atoms with Crippen molar-refractivity contribution in [3.8, 4) is 11.5 Å². The molecule has 2 N–H and O–H groups in total. The number of ether oxygens (including phenoxy) is 2. The zero-order chi connectivity index (χ0) is 18.3. The lowest BCUT2D eigenvalue weighted by Gasteiger charge is -2.52. The molecule has 26 heavy (non-hydrogen) atoms. The Balaban J connectivity index is 1.70. The van der Waals surface area contributed by atoms with Gasteiger partial charge in [0, 0.05) is 17.9 Å². The Morgan fingerprint density at radius 1 is 0.846 bits per heavy atom. The van der Waals surface area contributed by atoms with E-state index >= 15 is 0 Å². The summed E-state index contributed by atoms with van der Waals surface area (Å²) in [6.45, 7) is 0. The fraction of sp³-hybridized carbons (Fsp3) is 0.409. The van der Waals surface area contributed by atoms with Crippen molar-refractivity contribution in [1.82, 2.24) is 0 Å². The van der Waals surface area contributed by atoms with E-state index < -0.39 is 5.54 Å². The number of benzene rings is 2. The van der Waals surface area contributed by atoms with E-state index in [4.69, 9.17) is 15.2 Å². The average molecular weight is 351 g/mol. The second-order valence-electron chi connectivity index (χ2n) is 7.70. The van der Waals surface area contributed by atoms with Crippen molar-refractivity contribution in [2.24, 2.45) is 11.7 Å². The number of hydrogen-bond donors (Lipinski definition) is 1. The van der Waals surface area contributed by atoms with E-state index in [2.05, 4.69) is 24.3 Å². The Bertz CT molecular complexity index is 740. The summed E-state index contributed by atoms with van der Waals surface area (Å²) in [6.07, 6.45) is 2.22. The van der Waals surface area contributed by atoms with Crippen molar-refractivity contribution in [2.45, 2.75) is 36.6 Å². The van der Waals surface area contributed by atoms with Crippen molar-refractivity contribution in [2.75, 3.05) is 14.2 Å². The van der Waals surface area contributed by atoms with Gasteiger partial charge in [-0.1, -0.05) is 24.3 Å². The third-order valence-corrected chi connectivity index (χ3v) is 6.11. The summed E-state index contributed by atoms with van der Waals surface area (Å²) >= 11 is 0. The summed E-state index contributed by atoms with van der Waals surface area (Å²) in [4.78, 5) is 12.9. The Morgan fingerprint density at radius 3 is 1.62 bits per heavy atom. The van der Waals surface area contributed by atoms with Crippen molar-refractivity contribution in [1.29, 1.82) is 0 Å². The second-order valence-corrected chi connectivity index (χ2v) is 7.70. The largest absolute Gasteiger partial charge is 0.497 e. The van der Waals surface area contributed by atoms with Gasteiger partial charge in [0.15, 0.2) is 0 Å². The molecule has 0 saturated heterocycles. The molecule has 3 saturated carbocycles. The third kappa shape index (κ3) is 2.88. The maximum Gasteiger partial charge on any atom is 0.139 e. The van der Waals surface area contributed by atoms with E-state index in [1.165, 1.54) is 11.1 Å². The van der Waals surface area contributed by atoms with Crippen LogP contribution in [0.25, 0.3) is 0 Å². The van der Waals surface area contributed by atoms with Crippen LogP contribution in [0.15, 0.2) is 48.5 Å². The number of nitrogens with two attached hydrogens (primary N) is 1. The van der Waals surface area contributed by atoms with Crippen LogP contribution in [0.4, 0.5) is 0 Å². The van der Waals surface area contributed by atoms with Gasteiger partial charge in [0.05, 0.1) is 14.2 Å². The first-order valence-corrected chi connectivity index (χ1v) is 9.12. The zero-order valence-electron chi connectivity index (χ0n) is 15.3. The highest BCUT2D eigenvalue weighted by Crippen LogP contribution is 2.55. The van der Waals surface area contributed by atoms with Gasteiger partial charge in [-0.2, -0.15) is 0 Å². The van der Waals surface area contributed by atoms with Gasteiger partial charge in [0.25, 0.3) is 0 Å². The topological polar surface area (TPSA) is 61.5 Å². The molecule has 0 aliphatic heterocycles. The van der Waals surface area contributed by atoms with Gasteiger partial charge < -0.3 is 15.2 Å². The number of ketones is 1. The van der Waals surface area contributed by atoms with E-state index in [1.807, 2.05) is 24.3 Å². The maximum atomic E-state index is 12.9. The highest BCUT2D eigenvalue weighted by atomic mass is 16.5. The molecule has 0 spiro atoms. The molecule has 2 aromatic rings. The molecule has 4 nitrogen and oxygen atoms in total. The molecule has 3 aliphatic rings. The van der Waals surface area contributed by atoms with Crippen LogP contribution in [0.5, 0.6) is 11.5 Å². The summed E-state index contributed by atoms with van der Waals surface area (Å²) in [5, 5.41) is 0. The standard InChI is InChI=1S/C22H25NO3/c1-25-16-7-3-14(4-8-16)18-11-22(23)12-19(21(18)20(24)13-22)15-5-9-17(26-2)10-6-15/h3-10,18-19,21H,11-13,23H2,1-2H3. The molecule has 4 heteroatoms. The lowest BCUT2D eigenvalue weighted by Crippen LogP contribution is -2.57. The summed E-state index contributed by atoms with van der Waals surface area (Å²) < 4.78 is 10.5. The average Bonchev–Trinajstić information content (AvgIpc) is 2.67. The highest BCUT2D eigenvalue weighted by molar-refractivity contribution is 5.86. The van der Waals surface area contributed by atoms with E-state index in [1.54, 1.807) is 14.2 Å². The number of methoxy groups -OCH3 is 2. The normalized spacial score (nSPS) is 30.3. The van der Waals surface area contributed by atoms with Crippen LogP contribution in [-0.2, 0) is 4.79 Å². The van der Waals surface area contributed by atoms with Crippen LogP contribution in [0.2, 0.25) is 0 Å². The highest BCUT2D eigenvalue weighted by Gasteiger charge is 2.54.